The molecule has 2 aromatic rings. The van der Waals surface area contributed by atoms with Gasteiger partial charge < -0.3 is 0 Å². The summed E-state index contributed by atoms with van der Waals surface area (Å²) in [6, 6.07) is 14.3. The molecule has 0 radical (unpaired) electrons. The molecule has 0 aliphatic carbocycles. The molecule has 29 heavy (non-hydrogen) atoms. The van der Waals surface area contributed by atoms with E-state index in [4.69, 9.17) is 23.2 Å². The van der Waals surface area contributed by atoms with Crippen molar-refractivity contribution in [2.45, 2.75) is 32.1 Å². The molecule has 0 aromatic heterocycles. The molecule has 0 aliphatic rings. The molecule has 2 aromatic carbocycles. The van der Waals surface area contributed by atoms with Crippen molar-refractivity contribution in [2.75, 3.05) is 0 Å². The van der Waals surface area contributed by atoms with E-state index in [1.165, 1.54) is 12.4 Å². The molecule has 0 unspecified atom stereocenters. The summed E-state index contributed by atoms with van der Waals surface area (Å²) < 4.78 is 0. The Morgan fingerprint density at radius 2 is 1.21 bits per heavy atom. The lowest BCUT2D eigenvalue weighted by atomic mass is 10.1. The molecule has 2 amide bonds. The van der Waals surface area contributed by atoms with Crippen molar-refractivity contribution in [3.63, 3.8) is 0 Å². The Kier molecular flexibility index (Phi) is 9.89. The summed E-state index contributed by atoms with van der Waals surface area (Å²) in [5.41, 5.74) is 6.57. The van der Waals surface area contributed by atoms with Gasteiger partial charge in [0, 0.05) is 22.9 Å². The number of halogens is 2. The van der Waals surface area contributed by atoms with E-state index in [-0.39, 0.29) is 11.8 Å². The second-order valence-electron chi connectivity index (χ2n) is 6.26. The van der Waals surface area contributed by atoms with Crippen LogP contribution >= 0.6 is 23.2 Å². The topological polar surface area (TPSA) is 82.9 Å². The van der Waals surface area contributed by atoms with Crippen LogP contribution in [0.1, 0.15) is 43.2 Å². The first-order valence-electron chi connectivity index (χ1n) is 9.18. The van der Waals surface area contributed by atoms with E-state index in [2.05, 4.69) is 21.1 Å². The number of carbonyl (C=O) groups is 2. The lowest BCUT2D eigenvalue weighted by Crippen LogP contribution is -2.18. The van der Waals surface area contributed by atoms with Gasteiger partial charge in [0.1, 0.15) is 0 Å². The Bertz CT molecular complexity index is 813. The SMILES string of the molecule is O=C(CCCCCC(=O)NN=Cc1cccc(Cl)c1)NN=Cc1cccc(Cl)c1. The van der Waals surface area contributed by atoms with Gasteiger partial charge in [-0.15, -0.1) is 0 Å². The van der Waals surface area contributed by atoms with E-state index in [0.29, 0.717) is 35.7 Å². The number of amides is 2. The van der Waals surface area contributed by atoms with Crippen molar-refractivity contribution in [1.82, 2.24) is 10.9 Å². The zero-order valence-corrected chi connectivity index (χ0v) is 17.3. The second kappa shape index (κ2) is 12.7. The standard InChI is InChI=1S/C21H22Cl2N4O2/c22-18-8-4-6-16(12-18)14-24-26-20(28)10-2-1-3-11-21(29)27-25-15-17-7-5-9-19(23)13-17/h4-9,12-15H,1-3,10-11H2,(H,26,28)(H,27,29). The van der Waals surface area contributed by atoms with Gasteiger partial charge in [0.15, 0.2) is 0 Å². The number of unbranched alkanes of at least 4 members (excludes halogenated alkanes) is 2. The number of hydrogen-bond acceptors (Lipinski definition) is 4. The van der Waals surface area contributed by atoms with Crippen molar-refractivity contribution < 1.29 is 9.59 Å². The van der Waals surface area contributed by atoms with E-state index in [1.807, 2.05) is 24.3 Å². The third-order valence-corrected chi connectivity index (χ3v) is 4.28. The second-order valence-corrected chi connectivity index (χ2v) is 7.13. The molecule has 0 atom stereocenters. The van der Waals surface area contributed by atoms with E-state index in [1.54, 1.807) is 24.3 Å². The largest absolute Gasteiger partial charge is 0.273 e. The van der Waals surface area contributed by atoms with Gasteiger partial charge in [-0.1, -0.05) is 53.9 Å². The quantitative estimate of drug-likeness (QED) is 0.328. The van der Waals surface area contributed by atoms with Crippen LogP contribution in [0.15, 0.2) is 58.7 Å². The molecule has 152 valence electrons. The first-order chi connectivity index (χ1) is 14.0. The molecule has 0 saturated carbocycles. The van der Waals surface area contributed by atoms with E-state index in [0.717, 1.165) is 17.5 Å². The van der Waals surface area contributed by atoms with Gasteiger partial charge in [-0.3, -0.25) is 9.59 Å². The summed E-state index contributed by atoms with van der Waals surface area (Å²) in [7, 11) is 0. The van der Waals surface area contributed by atoms with Crippen molar-refractivity contribution in [1.29, 1.82) is 0 Å². The van der Waals surface area contributed by atoms with Crippen LogP contribution in [0.25, 0.3) is 0 Å². The van der Waals surface area contributed by atoms with Crippen LogP contribution in [0.2, 0.25) is 10.0 Å². The zero-order valence-electron chi connectivity index (χ0n) is 15.8. The number of rotatable bonds is 10. The predicted molar refractivity (Wildman–Crippen MR) is 117 cm³/mol. The Morgan fingerprint density at radius 3 is 1.62 bits per heavy atom. The van der Waals surface area contributed by atoms with Crippen molar-refractivity contribution in [3.05, 3.63) is 69.7 Å². The Morgan fingerprint density at radius 1 is 0.759 bits per heavy atom. The molecule has 8 heteroatoms. The van der Waals surface area contributed by atoms with Crippen molar-refractivity contribution in [2.24, 2.45) is 10.2 Å². The van der Waals surface area contributed by atoms with Crippen LogP contribution in [0, 0.1) is 0 Å². The number of nitrogens with zero attached hydrogens (tertiary/aromatic N) is 2. The minimum absolute atomic E-state index is 0.168. The molecule has 0 saturated heterocycles. The highest BCUT2D eigenvalue weighted by atomic mass is 35.5. The molecule has 6 nitrogen and oxygen atoms in total. The maximum atomic E-state index is 11.7. The lowest BCUT2D eigenvalue weighted by molar-refractivity contribution is -0.121. The summed E-state index contributed by atoms with van der Waals surface area (Å²) in [6.07, 6.45) is 5.89. The first kappa shape index (κ1) is 22.6. The Hall–Kier alpha value is -2.70. The van der Waals surface area contributed by atoms with Crippen molar-refractivity contribution in [3.8, 4) is 0 Å². The highest BCUT2D eigenvalue weighted by molar-refractivity contribution is 6.31. The third kappa shape index (κ3) is 9.87. The van der Waals surface area contributed by atoms with Crippen molar-refractivity contribution >= 4 is 47.4 Å². The molecule has 0 spiro atoms. The molecular formula is C21H22Cl2N4O2. The smallest absolute Gasteiger partial charge is 0.240 e. The van der Waals surface area contributed by atoms with Crippen LogP contribution in [-0.2, 0) is 9.59 Å². The lowest BCUT2D eigenvalue weighted by Gasteiger charge is -2.01. The molecule has 0 fully saturated rings. The van der Waals surface area contributed by atoms with Crippen LogP contribution in [0.3, 0.4) is 0 Å². The highest BCUT2D eigenvalue weighted by Crippen LogP contribution is 2.09. The van der Waals surface area contributed by atoms with Gasteiger partial charge in [-0.2, -0.15) is 10.2 Å². The number of nitrogens with one attached hydrogen (secondary N) is 2. The average molecular weight is 433 g/mol. The van der Waals surface area contributed by atoms with E-state index in [9.17, 15) is 9.59 Å². The molecule has 0 bridgehead atoms. The third-order valence-electron chi connectivity index (χ3n) is 3.81. The summed E-state index contributed by atoms with van der Waals surface area (Å²) in [4.78, 5) is 23.5. The fraction of sp³-hybridized carbons (Fsp3) is 0.238. The zero-order chi connectivity index (χ0) is 20.9. The minimum Gasteiger partial charge on any atom is -0.273 e. The number of hydrazone groups is 2. The molecular weight excluding hydrogens is 411 g/mol. The van der Waals surface area contributed by atoms with Crippen LogP contribution < -0.4 is 10.9 Å². The van der Waals surface area contributed by atoms with Gasteiger partial charge in [-0.25, -0.2) is 10.9 Å². The number of hydrogen-bond donors (Lipinski definition) is 2. The summed E-state index contributed by atoms with van der Waals surface area (Å²) >= 11 is 11.8. The van der Waals surface area contributed by atoms with Gasteiger partial charge in [-0.05, 0) is 48.2 Å². The summed E-state index contributed by atoms with van der Waals surface area (Å²) in [5.74, 6) is -0.335. The first-order valence-corrected chi connectivity index (χ1v) is 9.93. The average Bonchev–Trinajstić information content (AvgIpc) is 2.68. The number of carbonyl (C=O) groups excluding carboxylic acids is 2. The molecule has 0 aliphatic heterocycles. The monoisotopic (exact) mass is 432 g/mol. The Labute approximate surface area is 180 Å². The Balaban J connectivity index is 1.54. The number of benzene rings is 2. The van der Waals surface area contributed by atoms with Crippen LogP contribution in [0.4, 0.5) is 0 Å². The van der Waals surface area contributed by atoms with Gasteiger partial charge in [0.05, 0.1) is 12.4 Å². The predicted octanol–water partition coefficient (Wildman–Crippen LogP) is 4.54. The molecule has 2 N–H and O–H groups in total. The normalized spacial score (nSPS) is 11.1. The minimum atomic E-state index is -0.168. The van der Waals surface area contributed by atoms with Gasteiger partial charge in [0.25, 0.3) is 0 Å². The van der Waals surface area contributed by atoms with Crippen LogP contribution in [-0.4, -0.2) is 24.2 Å². The van der Waals surface area contributed by atoms with E-state index >= 15 is 0 Å². The van der Waals surface area contributed by atoms with E-state index < -0.39 is 0 Å². The maximum Gasteiger partial charge on any atom is 0.240 e. The fourth-order valence-corrected chi connectivity index (χ4v) is 2.79. The highest BCUT2D eigenvalue weighted by Gasteiger charge is 2.02. The fourth-order valence-electron chi connectivity index (χ4n) is 2.39. The maximum absolute atomic E-state index is 11.7. The summed E-state index contributed by atoms with van der Waals surface area (Å²) in [6.45, 7) is 0. The molecule has 0 heterocycles. The van der Waals surface area contributed by atoms with Gasteiger partial charge >= 0.3 is 0 Å². The molecule has 2 rings (SSSR count). The van der Waals surface area contributed by atoms with Gasteiger partial charge in [0.2, 0.25) is 11.8 Å². The summed E-state index contributed by atoms with van der Waals surface area (Å²) in [5, 5.41) is 9.03. The van der Waals surface area contributed by atoms with Crippen LogP contribution in [0.5, 0.6) is 0 Å².